The van der Waals surface area contributed by atoms with E-state index in [1.54, 1.807) is 0 Å². The van der Waals surface area contributed by atoms with Gasteiger partial charge in [0, 0.05) is 6.04 Å². The van der Waals surface area contributed by atoms with Crippen LogP contribution in [0.25, 0.3) is 0 Å². The predicted molar refractivity (Wildman–Crippen MR) is 80.8 cm³/mol. The van der Waals surface area contributed by atoms with E-state index in [0.29, 0.717) is 23.8 Å². The molecule has 1 heterocycles. The molecule has 3 nitrogen and oxygen atoms in total. The van der Waals surface area contributed by atoms with Crippen LogP contribution in [0.2, 0.25) is 0 Å². The Morgan fingerprint density at radius 3 is 2.26 bits per heavy atom. The largest absolute Gasteiger partial charge is 0.323 e. The molecule has 1 rings (SSSR count). The zero-order valence-electron chi connectivity index (χ0n) is 13.6. The summed E-state index contributed by atoms with van der Waals surface area (Å²) in [5, 5.41) is 3.54. The Hall–Kier alpha value is -0.570. The lowest BCUT2D eigenvalue weighted by Crippen LogP contribution is -2.43. The second-order valence-electron chi connectivity index (χ2n) is 6.52. The van der Waals surface area contributed by atoms with Crippen molar-refractivity contribution in [2.45, 2.75) is 85.5 Å². The summed E-state index contributed by atoms with van der Waals surface area (Å²) in [6, 6.07) is 0.373. The lowest BCUT2D eigenvalue weighted by atomic mass is 9.98. The highest BCUT2D eigenvalue weighted by Gasteiger charge is 2.41. The van der Waals surface area contributed by atoms with E-state index in [9.17, 15) is 4.79 Å². The molecule has 1 aliphatic heterocycles. The molecule has 0 saturated carbocycles. The van der Waals surface area contributed by atoms with E-state index in [0.717, 1.165) is 19.3 Å². The van der Waals surface area contributed by atoms with E-state index in [1.807, 2.05) is 0 Å². The first-order chi connectivity index (χ1) is 8.92. The molecule has 0 aliphatic carbocycles. The molecule has 0 spiro atoms. The number of hydrogen-bond acceptors (Lipinski definition) is 2. The Balaban J connectivity index is 2.71. The van der Waals surface area contributed by atoms with Crippen LogP contribution in [0.4, 0.5) is 0 Å². The average Bonchev–Trinajstić information content (AvgIpc) is 2.72. The molecule has 4 unspecified atom stereocenters. The van der Waals surface area contributed by atoms with Gasteiger partial charge in [0.05, 0.1) is 12.2 Å². The predicted octanol–water partition coefficient (Wildman–Crippen LogP) is 3.39. The number of amides is 1. The van der Waals surface area contributed by atoms with Gasteiger partial charge in [-0.1, -0.05) is 41.0 Å². The van der Waals surface area contributed by atoms with Gasteiger partial charge >= 0.3 is 0 Å². The van der Waals surface area contributed by atoms with Gasteiger partial charge < -0.3 is 4.90 Å². The molecule has 1 N–H and O–H groups in total. The smallest absolute Gasteiger partial charge is 0.241 e. The van der Waals surface area contributed by atoms with Crippen molar-refractivity contribution in [2.75, 3.05) is 0 Å². The second-order valence-corrected chi connectivity index (χ2v) is 6.52. The summed E-state index contributed by atoms with van der Waals surface area (Å²) in [4.78, 5) is 14.7. The van der Waals surface area contributed by atoms with E-state index in [4.69, 9.17) is 0 Å². The zero-order valence-corrected chi connectivity index (χ0v) is 13.6. The van der Waals surface area contributed by atoms with Crippen LogP contribution in [0.15, 0.2) is 0 Å². The van der Waals surface area contributed by atoms with Gasteiger partial charge in [-0.3, -0.25) is 10.1 Å². The maximum atomic E-state index is 12.6. The average molecular weight is 268 g/mol. The van der Waals surface area contributed by atoms with Gasteiger partial charge in [0.2, 0.25) is 5.91 Å². The lowest BCUT2D eigenvalue weighted by molar-refractivity contribution is -0.133. The standard InChI is InChI=1S/C16H32N2O/c1-7-12(5)15-16(19)18(14(8-2)17-15)13(6)10-9-11(3)4/h11-15,17H,7-10H2,1-6H3. The van der Waals surface area contributed by atoms with Gasteiger partial charge in [0.25, 0.3) is 0 Å². The Morgan fingerprint density at radius 1 is 1.16 bits per heavy atom. The molecular weight excluding hydrogens is 236 g/mol. The van der Waals surface area contributed by atoms with Gasteiger partial charge in [0.15, 0.2) is 0 Å². The van der Waals surface area contributed by atoms with Crippen molar-refractivity contribution in [2.24, 2.45) is 11.8 Å². The van der Waals surface area contributed by atoms with E-state index >= 15 is 0 Å². The summed E-state index contributed by atoms with van der Waals surface area (Å²) in [5.41, 5.74) is 0. The van der Waals surface area contributed by atoms with E-state index in [-0.39, 0.29) is 12.2 Å². The summed E-state index contributed by atoms with van der Waals surface area (Å²) in [5.74, 6) is 1.44. The lowest BCUT2D eigenvalue weighted by Gasteiger charge is -2.30. The van der Waals surface area contributed by atoms with Gasteiger partial charge in [-0.25, -0.2) is 0 Å². The number of hydrogen-bond donors (Lipinski definition) is 1. The highest BCUT2D eigenvalue weighted by molar-refractivity contribution is 5.84. The maximum absolute atomic E-state index is 12.6. The van der Waals surface area contributed by atoms with Crippen LogP contribution in [0.5, 0.6) is 0 Å². The van der Waals surface area contributed by atoms with Crippen LogP contribution < -0.4 is 5.32 Å². The minimum atomic E-state index is 0.0245. The highest BCUT2D eigenvalue weighted by atomic mass is 16.2. The van der Waals surface area contributed by atoms with Crippen LogP contribution in [-0.4, -0.2) is 29.1 Å². The molecule has 0 aromatic carbocycles. The molecule has 0 aromatic heterocycles. The van der Waals surface area contributed by atoms with Gasteiger partial charge in [-0.2, -0.15) is 0 Å². The first-order valence-corrected chi connectivity index (χ1v) is 8.00. The van der Waals surface area contributed by atoms with Crippen LogP contribution in [0, 0.1) is 11.8 Å². The van der Waals surface area contributed by atoms with E-state index in [2.05, 4.69) is 51.8 Å². The molecule has 0 radical (unpaired) electrons. The quantitative estimate of drug-likeness (QED) is 0.767. The molecule has 1 saturated heterocycles. The number of nitrogens with one attached hydrogen (secondary N) is 1. The number of carbonyl (C=O) groups is 1. The van der Waals surface area contributed by atoms with Gasteiger partial charge in [0.1, 0.15) is 0 Å². The number of rotatable bonds is 7. The van der Waals surface area contributed by atoms with Crippen LogP contribution >= 0.6 is 0 Å². The number of carbonyl (C=O) groups excluding carboxylic acids is 1. The van der Waals surface area contributed by atoms with Crippen molar-refractivity contribution in [3.63, 3.8) is 0 Å². The fraction of sp³-hybridized carbons (Fsp3) is 0.938. The first kappa shape index (κ1) is 16.5. The molecule has 112 valence electrons. The Labute approximate surface area is 119 Å². The molecule has 19 heavy (non-hydrogen) atoms. The third-order valence-corrected chi connectivity index (χ3v) is 4.46. The van der Waals surface area contributed by atoms with Crippen LogP contribution in [0.3, 0.4) is 0 Å². The van der Waals surface area contributed by atoms with Crippen molar-refractivity contribution in [3.8, 4) is 0 Å². The molecule has 1 amide bonds. The van der Waals surface area contributed by atoms with Gasteiger partial charge in [-0.15, -0.1) is 0 Å². The molecule has 1 aliphatic rings. The van der Waals surface area contributed by atoms with Crippen molar-refractivity contribution >= 4 is 5.91 Å². The third-order valence-electron chi connectivity index (χ3n) is 4.46. The summed E-state index contributed by atoms with van der Waals surface area (Å²) < 4.78 is 0. The maximum Gasteiger partial charge on any atom is 0.241 e. The molecular formula is C16H32N2O. The summed E-state index contributed by atoms with van der Waals surface area (Å²) in [7, 11) is 0. The van der Waals surface area contributed by atoms with Crippen molar-refractivity contribution < 1.29 is 4.79 Å². The topological polar surface area (TPSA) is 32.3 Å². The normalized spacial score (nSPS) is 27.1. The van der Waals surface area contributed by atoms with Crippen molar-refractivity contribution in [1.82, 2.24) is 10.2 Å². The third kappa shape index (κ3) is 3.95. The summed E-state index contributed by atoms with van der Waals surface area (Å²) in [6.45, 7) is 13.2. The number of nitrogens with zero attached hydrogens (tertiary/aromatic N) is 1. The Kier molecular flexibility index (Phi) is 6.31. The minimum absolute atomic E-state index is 0.0245. The molecule has 1 fully saturated rings. The van der Waals surface area contributed by atoms with Crippen molar-refractivity contribution in [3.05, 3.63) is 0 Å². The van der Waals surface area contributed by atoms with E-state index in [1.165, 1.54) is 6.42 Å². The van der Waals surface area contributed by atoms with Crippen LogP contribution in [0.1, 0.15) is 67.2 Å². The summed E-state index contributed by atoms with van der Waals surface area (Å²) >= 11 is 0. The fourth-order valence-corrected chi connectivity index (χ4v) is 2.87. The second kappa shape index (κ2) is 7.28. The minimum Gasteiger partial charge on any atom is -0.323 e. The van der Waals surface area contributed by atoms with Gasteiger partial charge in [-0.05, 0) is 38.0 Å². The first-order valence-electron chi connectivity index (χ1n) is 8.00. The fourth-order valence-electron chi connectivity index (χ4n) is 2.87. The Bertz CT molecular complexity index is 290. The summed E-state index contributed by atoms with van der Waals surface area (Å²) in [6.07, 6.45) is 4.57. The molecule has 0 bridgehead atoms. The molecule has 3 heteroatoms. The molecule has 0 aromatic rings. The van der Waals surface area contributed by atoms with Crippen molar-refractivity contribution in [1.29, 1.82) is 0 Å². The van der Waals surface area contributed by atoms with E-state index < -0.39 is 0 Å². The monoisotopic (exact) mass is 268 g/mol. The van der Waals surface area contributed by atoms with Crippen LogP contribution in [-0.2, 0) is 4.79 Å². The molecule has 4 atom stereocenters. The zero-order chi connectivity index (χ0) is 14.6. The SMILES string of the molecule is CCC(C)C1NC(CC)N(C(C)CCC(C)C)C1=O. The highest BCUT2D eigenvalue weighted by Crippen LogP contribution is 2.25. The Morgan fingerprint density at radius 2 is 1.79 bits per heavy atom.